The standard InChI is InChI=1S/C44H30N4OS/c1-3-4-14-28(2)40(45)43-41(34-19-11-12-22-39(34)50-43)46-27-29-23-24-32-33-20-13-21-35(42(33)49-38(32)25-29)44-47-36(30-15-7-5-8-16-30)26-37(48-44)31-17-9-6-10-18-31/h3-27,45H,1-2H2/b14-4-,45-40?,46-27?. The Labute approximate surface area is 293 Å². The Hall–Kier alpha value is -6.50. The number of aliphatic imine (C=N–C) groups is 1. The van der Waals surface area contributed by atoms with Crippen molar-refractivity contribution in [3.05, 3.63) is 175 Å². The minimum absolute atomic E-state index is 0.339. The maximum absolute atomic E-state index is 8.88. The Bertz CT molecular complexity index is 2590. The highest BCUT2D eigenvalue weighted by molar-refractivity contribution is 7.21. The fourth-order valence-corrected chi connectivity index (χ4v) is 7.17. The first-order valence-corrected chi connectivity index (χ1v) is 17.0. The van der Waals surface area contributed by atoms with Crippen LogP contribution >= 0.6 is 11.3 Å². The van der Waals surface area contributed by atoms with Crippen LogP contribution in [0.5, 0.6) is 0 Å². The van der Waals surface area contributed by atoms with Crippen LogP contribution in [0.15, 0.2) is 174 Å². The summed E-state index contributed by atoms with van der Waals surface area (Å²) < 4.78 is 7.67. The first kappa shape index (κ1) is 30.8. The lowest BCUT2D eigenvalue weighted by Gasteiger charge is -2.09. The smallest absolute Gasteiger partial charge is 0.164 e. The molecule has 5 nitrogen and oxygen atoms in total. The largest absolute Gasteiger partial charge is 0.455 e. The van der Waals surface area contributed by atoms with E-state index in [1.165, 1.54) is 0 Å². The summed E-state index contributed by atoms with van der Waals surface area (Å²) in [4.78, 5) is 15.8. The number of aromatic nitrogens is 2. The van der Waals surface area contributed by atoms with Crippen molar-refractivity contribution in [2.45, 2.75) is 0 Å². The molecule has 8 aromatic rings. The Morgan fingerprint density at radius 3 is 2.14 bits per heavy atom. The molecule has 8 rings (SSSR count). The number of hydrogen-bond acceptors (Lipinski definition) is 6. The highest BCUT2D eigenvalue weighted by atomic mass is 32.1. The Morgan fingerprint density at radius 1 is 0.740 bits per heavy atom. The number of nitrogens with zero attached hydrogens (tertiary/aromatic N) is 3. The molecule has 0 amide bonds. The van der Waals surface area contributed by atoms with Crippen LogP contribution in [0, 0.1) is 5.41 Å². The van der Waals surface area contributed by atoms with Gasteiger partial charge in [0.05, 0.1) is 33.2 Å². The average molecular weight is 663 g/mol. The van der Waals surface area contributed by atoms with Crippen LogP contribution in [0.25, 0.3) is 65.9 Å². The van der Waals surface area contributed by atoms with Crippen molar-refractivity contribution in [2.24, 2.45) is 4.99 Å². The zero-order valence-corrected chi connectivity index (χ0v) is 27.8. The molecule has 3 aromatic heterocycles. The van der Waals surface area contributed by atoms with E-state index in [-0.39, 0.29) is 0 Å². The molecule has 0 aliphatic carbocycles. The van der Waals surface area contributed by atoms with Crippen molar-refractivity contribution in [2.75, 3.05) is 0 Å². The SMILES string of the molecule is C=C/C=C\C(=C)C(=N)c1sc2ccccc2c1N=Cc1ccc2c(c1)oc1c(-c3nc(-c4ccccc4)cc(-c4ccccc4)n3)cccc12. The molecule has 6 heteroatoms. The van der Waals surface area contributed by atoms with E-state index in [1.54, 1.807) is 29.6 Å². The van der Waals surface area contributed by atoms with E-state index in [9.17, 15) is 0 Å². The Kier molecular flexibility index (Phi) is 8.13. The molecule has 0 fully saturated rings. The summed E-state index contributed by atoms with van der Waals surface area (Å²) in [5.41, 5.74) is 8.58. The van der Waals surface area contributed by atoms with E-state index in [4.69, 9.17) is 24.8 Å². The number of allylic oxidation sites excluding steroid dienone is 4. The fourth-order valence-electron chi connectivity index (χ4n) is 6.03. The van der Waals surface area contributed by atoms with E-state index in [0.717, 1.165) is 76.2 Å². The van der Waals surface area contributed by atoms with Crippen LogP contribution in [-0.4, -0.2) is 21.9 Å². The van der Waals surface area contributed by atoms with Crippen molar-refractivity contribution < 1.29 is 4.42 Å². The summed E-state index contributed by atoms with van der Waals surface area (Å²) in [5.74, 6) is 0.598. The summed E-state index contributed by atoms with van der Waals surface area (Å²) in [6.07, 6.45) is 7.09. The molecule has 0 unspecified atom stereocenters. The molecule has 0 atom stereocenters. The predicted octanol–water partition coefficient (Wildman–Crippen LogP) is 12.0. The number of fused-ring (bicyclic) bond motifs is 4. The van der Waals surface area contributed by atoms with Gasteiger partial charge in [0.15, 0.2) is 5.82 Å². The third-order valence-electron chi connectivity index (χ3n) is 8.52. The molecule has 0 aliphatic heterocycles. The molecule has 0 saturated heterocycles. The van der Waals surface area contributed by atoms with E-state index in [2.05, 4.69) is 55.6 Å². The fraction of sp³-hybridized carbons (Fsp3) is 0. The predicted molar refractivity (Wildman–Crippen MR) is 210 cm³/mol. The number of benzene rings is 5. The van der Waals surface area contributed by atoms with Gasteiger partial charge < -0.3 is 4.42 Å². The lowest BCUT2D eigenvalue weighted by atomic mass is 10.0. The summed E-state index contributed by atoms with van der Waals surface area (Å²) >= 11 is 1.54. The molecular formula is C44H30N4OS. The first-order valence-electron chi connectivity index (χ1n) is 16.2. The number of rotatable bonds is 9. The van der Waals surface area contributed by atoms with Gasteiger partial charge in [-0.05, 0) is 41.5 Å². The van der Waals surface area contributed by atoms with Gasteiger partial charge in [-0.3, -0.25) is 10.4 Å². The molecule has 0 aliphatic rings. The molecule has 0 spiro atoms. The number of hydrogen-bond donors (Lipinski definition) is 1. The second kappa shape index (κ2) is 13.2. The molecule has 0 saturated carbocycles. The number of para-hydroxylation sites is 1. The van der Waals surface area contributed by atoms with Crippen molar-refractivity contribution in [1.82, 2.24) is 9.97 Å². The molecule has 1 N–H and O–H groups in total. The van der Waals surface area contributed by atoms with Gasteiger partial charge in [0, 0.05) is 38.2 Å². The molecule has 5 aromatic carbocycles. The molecule has 0 radical (unpaired) electrons. The Morgan fingerprint density at radius 2 is 1.42 bits per heavy atom. The number of furan rings is 1. The highest BCUT2D eigenvalue weighted by Crippen LogP contribution is 2.40. The van der Waals surface area contributed by atoms with Crippen molar-refractivity contribution in [3.8, 4) is 33.9 Å². The van der Waals surface area contributed by atoms with E-state index in [0.29, 0.717) is 17.1 Å². The van der Waals surface area contributed by atoms with Crippen LogP contribution in [0.2, 0.25) is 0 Å². The van der Waals surface area contributed by atoms with E-state index >= 15 is 0 Å². The average Bonchev–Trinajstić information content (AvgIpc) is 3.74. The maximum Gasteiger partial charge on any atom is 0.164 e. The Balaban J connectivity index is 1.21. The van der Waals surface area contributed by atoms with E-state index < -0.39 is 0 Å². The van der Waals surface area contributed by atoms with Crippen LogP contribution in [0.3, 0.4) is 0 Å². The minimum Gasteiger partial charge on any atom is -0.455 e. The lowest BCUT2D eigenvalue weighted by Crippen LogP contribution is -1.98. The normalized spacial score (nSPS) is 11.7. The van der Waals surface area contributed by atoms with Crippen LogP contribution in [-0.2, 0) is 0 Å². The van der Waals surface area contributed by atoms with Gasteiger partial charge in [-0.15, -0.1) is 11.3 Å². The monoisotopic (exact) mass is 662 g/mol. The van der Waals surface area contributed by atoms with Gasteiger partial charge >= 0.3 is 0 Å². The highest BCUT2D eigenvalue weighted by Gasteiger charge is 2.18. The second-order valence-electron chi connectivity index (χ2n) is 11.8. The van der Waals surface area contributed by atoms with Crippen molar-refractivity contribution in [1.29, 1.82) is 5.41 Å². The number of nitrogens with one attached hydrogen (secondary N) is 1. The van der Waals surface area contributed by atoms with Gasteiger partial charge in [-0.1, -0.05) is 128 Å². The molecule has 50 heavy (non-hydrogen) atoms. The van der Waals surface area contributed by atoms with Gasteiger partial charge in [0.2, 0.25) is 0 Å². The molecular weight excluding hydrogens is 633 g/mol. The number of thiophene rings is 1. The van der Waals surface area contributed by atoms with Gasteiger partial charge in [-0.2, -0.15) is 0 Å². The summed E-state index contributed by atoms with van der Waals surface area (Å²) in [5, 5.41) is 11.9. The van der Waals surface area contributed by atoms with E-state index in [1.807, 2.05) is 91.1 Å². The topological polar surface area (TPSA) is 75.1 Å². The minimum atomic E-state index is 0.339. The second-order valence-corrected chi connectivity index (χ2v) is 12.8. The summed E-state index contributed by atoms with van der Waals surface area (Å²) in [7, 11) is 0. The van der Waals surface area contributed by atoms with Crippen molar-refractivity contribution >= 4 is 61.0 Å². The third-order valence-corrected chi connectivity index (χ3v) is 9.70. The van der Waals surface area contributed by atoms with Gasteiger partial charge in [-0.25, -0.2) is 9.97 Å². The quantitative estimate of drug-likeness (QED) is 0.123. The third kappa shape index (κ3) is 5.78. The van der Waals surface area contributed by atoms with Crippen LogP contribution in [0.1, 0.15) is 10.4 Å². The first-order chi connectivity index (χ1) is 24.6. The van der Waals surface area contributed by atoms with Gasteiger partial charge in [0.1, 0.15) is 11.2 Å². The summed E-state index contributed by atoms with van der Waals surface area (Å²) in [6, 6.07) is 42.7. The lowest BCUT2D eigenvalue weighted by molar-refractivity contribution is 0.669. The van der Waals surface area contributed by atoms with Crippen LogP contribution in [0.4, 0.5) is 5.69 Å². The zero-order chi connectivity index (χ0) is 34.0. The molecule has 3 heterocycles. The van der Waals surface area contributed by atoms with Crippen molar-refractivity contribution in [3.63, 3.8) is 0 Å². The van der Waals surface area contributed by atoms with Crippen LogP contribution < -0.4 is 0 Å². The molecule has 0 bridgehead atoms. The maximum atomic E-state index is 8.88. The summed E-state index contributed by atoms with van der Waals surface area (Å²) in [6.45, 7) is 7.83. The van der Waals surface area contributed by atoms with Gasteiger partial charge in [0.25, 0.3) is 0 Å². The molecule has 238 valence electrons. The zero-order valence-electron chi connectivity index (χ0n) is 27.0.